The highest BCUT2D eigenvalue weighted by atomic mass is 32.2. The monoisotopic (exact) mass is 352 g/mol. The molecule has 0 aromatic heterocycles. The average molecular weight is 352 g/mol. The zero-order valence-corrected chi connectivity index (χ0v) is 12.9. The van der Waals surface area contributed by atoms with Gasteiger partial charge in [-0.25, -0.2) is 0 Å². The van der Waals surface area contributed by atoms with Crippen molar-refractivity contribution >= 4 is 35.0 Å². The highest BCUT2D eigenvalue weighted by Crippen LogP contribution is 2.37. The second kappa shape index (κ2) is 6.20. The van der Waals surface area contributed by atoms with Crippen molar-refractivity contribution in [1.82, 2.24) is 0 Å². The lowest BCUT2D eigenvalue weighted by Gasteiger charge is -2.29. The van der Waals surface area contributed by atoms with Crippen molar-refractivity contribution in [3.05, 3.63) is 54.1 Å². The van der Waals surface area contributed by atoms with Crippen LogP contribution in [-0.4, -0.2) is 23.9 Å². The first kappa shape index (κ1) is 16.4. The number of halogens is 3. The minimum atomic E-state index is -4.38. The maximum Gasteiger partial charge on any atom is 0.446 e. The molecule has 1 heterocycles. The van der Waals surface area contributed by atoms with Gasteiger partial charge in [-0.2, -0.15) is 13.2 Å². The molecule has 2 aromatic carbocycles. The minimum absolute atomic E-state index is 0.00385. The molecule has 0 atom stereocenters. The molecule has 0 spiro atoms. The van der Waals surface area contributed by atoms with Gasteiger partial charge in [-0.3, -0.25) is 14.5 Å². The molecule has 0 fully saturated rings. The Kier molecular flexibility index (Phi) is 4.23. The zero-order chi connectivity index (χ0) is 17.3. The zero-order valence-electron chi connectivity index (χ0n) is 12.1. The van der Waals surface area contributed by atoms with Crippen LogP contribution in [0.15, 0.2) is 53.4 Å². The lowest BCUT2D eigenvalue weighted by Crippen LogP contribution is -2.42. The van der Waals surface area contributed by atoms with Crippen molar-refractivity contribution in [3.8, 4) is 0 Å². The van der Waals surface area contributed by atoms with Gasteiger partial charge in [0.05, 0.1) is 11.4 Å². The number of alkyl halides is 3. The van der Waals surface area contributed by atoms with Crippen LogP contribution in [0.5, 0.6) is 0 Å². The Bertz CT molecular complexity index is 791. The van der Waals surface area contributed by atoms with Crippen molar-refractivity contribution in [2.45, 2.75) is 10.4 Å². The van der Waals surface area contributed by atoms with Crippen LogP contribution in [0.3, 0.4) is 0 Å². The Labute approximate surface area is 139 Å². The number of para-hydroxylation sites is 2. The number of amides is 2. The molecule has 8 heteroatoms. The standard InChI is InChI=1S/C16H11F3N2O2S/c17-16(18,19)24-11-7-5-10(6-8-11)15(23)21-9-14(22)20-12-3-1-2-4-13(12)21/h1-8H,9H2,(H,20,22). The van der Waals surface area contributed by atoms with Crippen LogP contribution in [0.1, 0.15) is 10.4 Å². The van der Waals surface area contributed by atoms with Crippen LogP contribution in [0.4, 0.5) is 24.5 Å². The van der Waals surface area contributed by atoms with Crippen LogP contribution in [0.2, 0.25) is 0 Å². The summed E-state index contributed by atoms with van der Waals surface area (Å²) < 4.78 is 37.0. The van der Waals surface area contributed by atoms with Crippen molar-refractivity contribution in [3.63, 3.8) is 0 Å². The molecule has 0 bridgehead atoms. The number of benzene rings is 2. The molecule has 1 aliphatic heterocycles. The maximum atomic E-state index is 12.6. The molecule has 0 aliphatic carbocycles. The van der Waals surface area contributed by atoms with E-state index in [1.807, 2.05) is 0 Å². The van der Waals surface area contributed by atoms with Gasteiger partial charge in [0.1, 0.15) is 6.54 Å². The van der Waals surface area contributed by atoms with Gasteiger partial charge in [-0.05, 0) is 48.2 Å². The molecule has 2 aromatic rings. The first-order valence-corrected chi connectivity index (χ1v) is 7.72. The quantitative estimate of drug-likeness (QED) is 0.834. The van der Waals surface area contributed by atoms with E-state index in [0.717, 1.165) is 0 Å². The first-order chi connectivity index (χ1) is 11.3. The molecule has 0 unspecified atom stereocenters. The molecule has 2 amide bonds. The van der Waals surface area contributed by atoms with E-state index in [4.69, 9.17) is 0 Å². The smallest absolute Gasteiger partial charge is 0.323 e. The molecule has 4 nitrogen and oxygen atoms in total. The predicted octanol–water partition coefficient (Wildman–Crippen LogP) is 3.90. The molecule has 1 aliphatic rings. The van der Waals surface area contributed by atoms with Crippen molar-refractivity contribution < 1.29 is 22.8 Å². The van der Waals surface area contributed by atoms with Gasteiger partial charge in [0, 0.05) is 10.5 Å². The van der Waals surface area contributed by atoms with Gasteiger partial charge in [-0.15, -0.1) is 0 Å². The summed E-state index contributed by atoms with van der Waals surface area (Å²) in [6.07, 6.45) is 0. The summed E-state index contributed by atoms with van der Waals surface area (Å²) in [6.45, 7) is -0.144. The minimum Gasteiger partial charge on any atom is -0.323 e. The second-order valence-electron chi connectivity index (χ2n) is 5.03. The second-order valence-corrected chi connectivity index (χ2v) is 6.17. The van der Waals surface area contributed by atoms with Gasteiger partial charge in [0.2, 0.25) is 5.91 Å². The van der Waals surface area contributed by atoms with Crippen molar-refractivity contribution in [2.75, 3.05) is 16.8 Å². The fourth-order valence-electron chi connectivity index (χ4n) is 2.37. The van der Waals surface area contributed by atoms with Crippen molar-refractivity contribution in [2.24, 2.45) is 0 Å². The fraction of sp³-hybridized carbons (Fsp3) is 0.125. The average Bonchev–Trinajstić information content (AvgIpc) is 2.52. The molecule has 0 saturated heterocycles. The van der Waals surface area contributed by atoms with Gasteiger partial charge in [0.15, 0.2) is 0 Å². The molecule has 0 saturated carbocycles. The third-order valence-corrected chi connectivity index (χ3v) is 4.09. The number of rotatable bonds is 2. The Hall–Kier alpha value is -2.48. The van der Waals surface area contributed by atoms with E-state index in [9.17, 15) is 22.8 Å². The molecular formula is C16H11F3N2O2S. The van der Waals surface area contributed by atoms with Gasteiger partial charge in [0.25, 0.3) is 5.91 Å². The number of carbonyl (C=O) groups excluding carboxylic acids is 2. The van der Waals surface area contributed by atoms with E-state index in [2.05, 4.69) is 5.32 Å². The molecule has 0 radical (unpaired) electrons. The number of fused-ring (bicyclic) bond motifs is 1. The fourth-order valence-corrected chi connectivity index (χ4v) is 2.91. The number of nitrogens with zero attached hydrogens (tertiary/aromatic N) is 1. The van der Waals surface area contributed by atoms with E-state index in [-0.39, 0.29) is 34.7 Å². The highest BCUT2D eigenvalue weighted by Gasteiger charge is 2.30. The van der Waals surface area contributed by atoms with Gasteiger partial charge >= 0.3 is 5.51 Å². The van der Waals surface area contributed by atoms with Crippen LogP contribution in [0, 0.1) is 0 Å². The first-order valence-electron chi connectivity index (χ1n) is 6.90. The number of thioether (sulfide) groups is 1. The van der Waals surface area contributed by atoms with Crippen molar-refractivity contribution in [1.29, 1.82) is 0 Å². The normalized spacial score (nSPS) is 14.1. The maximum absolute atomic E-state index is 12.6. The molecular weight excluding hydrogens is 341 g/mol. The number of anilines is 2. The third kappa shape index (κ3) is 3.53. The Morgan fingerprint density at radius 2 is 1.75 bits per heavy atom. The van der Waals surface area contributed by atoms with E-state index in [1.165, 1.54) is 29.2 Å². The lowest BCUT2D eigenvalue weighted by atomic mass is 10.1. The third-order valence-electron chi connectivity index (χ3n) is 3.35. The molecule has 124 valence electrons. The Balaban J connectivity index is 1.86. The van der Waals surface area contributed by atoms with E-state index in [1.54, 1.807) is 24.3 Å². The van der Waals surface area contributed by atoms with Crippen LogP contribution in [0.25, 0.3) is 0 Å². The molecule has 1 N–H and O–H groups in total. The predicted molar refractivity (Wildman–Crippen MR) is 85.1 cm³/mol. The SMILES string of the molecule is O=C1CN(C(=O)c2ccc(SC(F)(F)F)cc2)c2ccccc2N1. The number of carbonyl (C=O) groups is 2. The van der Waals surface area contributed by atoms with Crippen LogP contribution < -0.4 is 10.2 Å². The summed E-state index contributed by atoms with van der Waals surface area (Å²) in [6, 6.07) is 12.0. The van der Waals surface area contributed by atoms with Crippen LogP contribution >= 0.6 is 11.8 Å². The summed E-state index contributed by atoms with van der Waals surface area (Å²) in [5, 5.41) is 2.67. The van der Waals surface area contributed by atoms with E-state index >= 15 is 0 Å². The van der Waals surface area contributed by atoms with Gasteiger partial charge < -0.3 is 5.32 Å². The summed E-state index contributed by atoms with van der Waals surface area (Å²) in [5.74, 6) is -0.771. The summed E-state index contributed by atoms with van der Waals surface area (Å²) in [7, 11) is 0. The van der Waals surface area contributed by atoms with E-state index in [0.29, 0.717) is 11.4 Å². The largest absolute Gasteiger partial charge is 0.446 e. The number of nitrogens with one attached hydrogen (secondary N) is 1. The molecule has 3 rings (SSSR count). The lowest BCUT2D eigenvalue weighted by molar-refractivity contribution is -0.115. The Morgan fingerprint density at radius 3 is 2.42 bits per heavy atom. The van der Waals surface area contributed by atoms with Gasteiger partial charge in [-0.1, -0.05) is 12.1 Å². The number of hydrogen-bond acceptors (Lipinski definition) is 3. The van der Waals surface area contributed by atoms with Crippen LogP contribution in [-0.2, 0) is 4.79 Å². The topological polar surface area (TPSA) is 49.4 Å². The summed E-state index contributed by atoms with van der Waals surface area (Å²) in [5.41, 5.74) is -3.09. The summed E-state index contributed by atoms with van der Waals surface area (Å²) >= 11 is -0.243. The highest BCUT2D eigenvalue weighted by molar-refractivity contribution is 8.00. The summed E-state index contributed by atoms with van der Waals surface area (Å²) in [4.78, 5) is 25.7. The number of hydrogen-bond donors (Lipinski definition) is 1. The molecule has 24 heavy (non-hydrogen) atoms. The van der Waals surface area contributed by atoms with E-state index < -0.39 is 11.4 Å². The Morgan fingerprint density at radius 1 is 1.08 bits per heavy atom.